The molecule has 0 fully saturated rings. The number of carbonyl (C=O) groups is 1. The molecule has 4 nitrogen and oxygen atoms in total. The van der Waals surface area contributed by atoms with Crippen LogP contribution in [-0.2, 0) is 4.79 Å². The van der Waals surface area contributed by atoms with Crippen LogP contribution in [0, 0.1) is 0 Å². The zero-order chi connectivity index (χ0) is 12.0. The van der Waals surface area contributed by atoms with Gasteiger partial charge in [0.25, 0.3) is 0 Å². The normalized spacial score (nSPS) is 9.94. The van der Waals surface area contributed by atoms with Crippen molar-refractivity contribution in [2.75, 3.05) is 5.32 Å². The van der Waals surface area contributed by atoms with Crippen molar-refractivity contribution in [1.82, 2.24) is 0 Å². The Morgan fingerprint density at radius 1 is 1.44 bits per heavy atom. The van der Waals surface area contributed by atoms with Gasteiger partial charge in [0.15, 0.2) is 0 Å². The number of anilines is 1. The Hall–Kier alpha value is -1.33. The van der Waals surface area contributed by atoms with E-state index >= 15 is 0 Å². The van der Waals surface area contributed by atoms with Crippen LogP contribution in [0.2, 0.25) is 0 Å². The highest BCUT2D eigenvalue weighted by atomic mass is 16.4. The monoisotopic (exact) mass is 221 g/mol. The van der Waals surface area contributed by atoms with Crippen molar-refractivity contribution in [3.05, 3.63) is 24.3 Å². The lowest BCUT2D eigenvalue weighted by atomic mass is 9.80. The Kier molecular flexibility index (Phi) is 5.02. The van der Waals surface area contributed by atoms with Crippen LogP contribution in [0.5, 0.6) is 0 Å². The highest BCUT2D eigenvalue weighted by Gasteiger charge is 2.11. The fraction of sp³-hybridized carbons (Fsp3) is 0.364. The minimum Gasteiger partial charge on any atom is -0.423 e. The topological polar surface area (TPSA) is 69.6 Å². The van der Waals surface area contributed by atoms with E-state index in [0.29, 0.717) is 17.6 Å². The van der Waals surface area contributed by atoms with Gasteiger partial charge in [0, 0.05) is 12.1 Å². The number of unbranched alkanes of at least 4 members (excludes halogenated alkanes) is 1. The lowest BCUT2D eigenvalue weighted by molar-refractivity contribution is -0.116. The minimum atomic E-state index is -1.51. The van der Waals surface area contributed by atoms with Crippen LogP contribution in [0.15, 0.2) is 24.3 Å². The molecule has 0 unspecified atom stereocenters. The van der Waals surface area contributed by atoms with Crippen LogP contribution in [0.1, 0.15) is 26.2 Å². The summed E-state index contributed by atoms with van der Waals surface area (Å²) < 4.78 is 0. The van der Waals surface area contributed by atoms with Crippen LogP contribution < -0.4 is 10.8 Å². The summed E-state index contributed by atoms with van der Waals surface area (Å²) in [5, 5.41) is 20.6. The number of hydrogen-bond acceptors (Lipinski definition) is 3. The molecule has 0 aliphatic heterocycles. The van der Waals surface area contributed by atoms with E-state index in [1.165, 1.54) is 0 Å². The lowest BCUT2D eigenvalue weighted by Crippen LogP contribution is -2.30. The van der Waals surface area contributed by atoms with E-state index in [2.05, 4.69) is 5.32 Å². The molecule has 0 aromatic heterocycles. The first-order valence-electron chi connectivity index (χ1n) is 5.39. The summed E-state index contributed by atoms with van der Waals surface area (Å²) >= 11 is 0. The molecule has 3 N–H and O–H groups in total. The Balaban J connectivity index is 2.59. The molecule has 1 aromatic carbocycles. The van der Waals surface area contributed by atoms with Gasteiger partial charge in [0.1, 0.15) is 0 Å². The zero-order valence-electron chi connectivity index (χ0n) is 9.31. The molecule has 0 heterocycles. The van der Waals surface area contributed by atoms with Gasteiger partial charge in [-0.25, -0.2) is 0 Å². The molecule has 86 valence electrons. The lowest BCUT2D eigenvalue weighted by Gasteiger charge is -2.06. The van der Waals surface area contributed by atoms with E-state index in [9.17, 15) is 4.79 Å². The molecule has 5 heteroatoms. The van der Waals surface area contributed by atoms with Gasteiger partial charge < -0.3 is 15.4 Å². The second kappa shape index (κ2) is 6.30. The standard InChI is InChI=1S/C11H16BNO3/c1-2-3-7-11(14)13-10-6-4-5-9(8-10)12(15)16/h4-6,8,15-16H,2-3,7H2,1H3,(H,13,14). The van der Waals surface area contributed by atoms with Crippen LogP contribution in [0.3, 0.4) is 0 Å². The quantitative estimate of drug-likeness (QED) is 0.634. The molecule has 0 saturated carbocycles. The highest BCUT2D eigenvalue weighted by molar-refractivity contribution is 6.58. The average Bonchev–Trinajstić information content (AvgIpc) is 2.26. The van der Waals surface area contributed by atoms with E-state index in [1.807, 2.05) is 6.92 Å². The fourth-order valence-electron chi connectivity index (χ4n) is 1.34. The fourth-order valence-corrected chi connectivity index (χ4v) is 1.34. The maximum atomic E-state index is 11.4. The molecule has 0 aliphatic carbocycles. The molecular weight excluding hydrogens is 205 g/mol. The molecule has 0 atom stereocenters. The van der Waals surface area contributed by atoms with Crippen molar-refractivity contribution in [2.24, 2.45) is 0 Å². The third kappa shape index (κ3) is 4.04. The molecule has 0 radical (unpaired) electrons. The van der Waals surface area contributed by atoms with Crippen molar-refractivity contribution >= 4 is 24.2 Å². The number of benzene rings is 1. The molecular formula is C11H16BNO3. The third-order valence-corrected chi connectivity index (χ3v) is 2.23. The SMILES string of the molecule is CCCCC(=O)Nc1cccc(B(O)O)c1. The Labute approximate surface area is 95.4 Å². The number of nitrogens with one attached hydrogen (secondary N) is 1. The van der Waals surface area contributed by atoms with Crippen LogP contribution >= 0.6 is 0 Å². The predicted octanol–water partition coefficient (Wildman–Crippen LogP) is 0.495. The summed E-state index contributed by atoms with van der Waals surface area (Å²) in [6.45, 7) is 2.02. The summed E-state index contributed by atoms with van der Waals surface area (Å²) in [7, 11) is -1.51. The van der Waals surface area contributed by atoms with Gasteiger partial charge in [0.05, 0.1) is 0 Å². The van der Waals surface area contributed by atoms with E-state index in [-0.39, 0.29) is 5.91 Å². The zero-order valence-corrected chi connectivity index (χ0v) is 9.31. The number of amides is 1. The van der Waals surface area contributed by atoms with Gasteiger partial charge in [-0.15, -0.1) is 0 Å². The largest absolute Gasteiger partial charge is 0.488 e. The van der Waals surface area contributed by atoms with E-state index < -0.39 is 7.12 Å². The van der Waals surface area contributed by atoms with E-state index in [1.54, 1.807) is 24.3 Å². The summed E-state index contributed by atoms with van der Waals surface area (Å²) in [4.78, 5) is 11.4. The van der Waals surface area contributed by atoms with Crippen LogP contribution in [0.4, 0.5) is 5.69 Å². The molecule has 1 rings (SSSR count). The second-order valence-electron chi connectivity index (χ2n) is 3.65. The first kappa shape index (κ1) is 12.7. The van der Waals surface area contributed by atoms with Gasteiger partial charge in [-0.3, -0.25) is 4.79 Å². The number of carbonyl (C=O) groups excluding carboxylic acids is 1. The minimum absolute atomic E-state index is 0.0496. The Bertz CT molecular complexity index is 355. The number of hydrogen-bond donors (Lipinski definition) is 3. The van der Waals surface area contributed by atoms with Crippen LogP contribution in [-0.4, -0.2) is 23.1 Å². The Morgan fingerprint density at radius 2 is 2.19 bits per heavy atom. The maximum absolute atomic E-state index is 11.4. The van der Waals surface area contributed by atoms with Crippen molar-refractivity contribution in [3.63, 3.8) is 0 Å². The molecule has 16 heavy (non-hydrogen) atoms. The molecule has 0 bridgehead atoms. The first-order chi connectivity index (χ1) is 7.63. The van der Waals surface area contributed by atoms with Crippen molar-refractivity contribution < 1.29 is 14.8 Å². The number of rotatable bonds is 5. The Morgan fingerprint density at radius 3 is 2.81 bits per heavy atom. The molecule has 1 aromatic rings. The summed E-state index contributed by atoms with van der Waals surface area (Å²) in [5.41, 5.74) is 0.958. The van der Waals surface area contributed by atoms with Crippen LogP contribution in [0.25, 0.3) is 0 Å². The van der Waals surface area contributed by atoms with Crippen molar-refractivity contribution in [1.29, 1.82) is 0 Å². The van der Waals surface area contributed by atoms with Crippen molar-refractivity contribution in [2.45, 2.75) is 26.2 Å². The third-order valence-electron chi connectivity index (χ3n) is 2.23. The summed E-state index contributed by atoms with van der Waals surface area (Å²) in [6, 6.07) is 6.53. The molecule has 0 aliphatic rings. The highest BCUT2D eigenvalue weighted by Crippen LogP contribution is 2.06. The molecule has 0 saturated heterocycles. The maximum Gasteiger partial charge on any atom is 0.488 e. The summed E-state index contributed by atoms with van der Waals surface area (Å²) in [5.74, 6) is -0.0496. The summed E-state index contributed by atoms with van der Waals surface area (Å²) in [6.07, 6.45) is 2.32. The predicted molar refractivity (Wildman–Crippen MR) is 64.4 cm³/mol. The van der Waals surface area contributed by atoms with Gasteiger partial charge in [0.2, 0.25) is 5.91 Å². The van der Waals surface area contributed by atoms with Gasteiger partial charge in [-0.1, -0.05) is 25.5 Å². The average molecular weight is 221 g/mol. The second-order valence-corrected chi connectivity index (χ2v) is 3.65. The van der Waals surface area contributed by atoms with Gasteiger partial charge >= 0.3 is 7.12 Å². The van der Waals surface area contributed by atoms with E-state index in [0.717, 1.165) is 12.8 Å². The molecule has 0 spiro atoms. The molecule has 1 amide bonds. The van der Waals surface area contributed by atoms with Crippen molar-refractivity contribution in [3.8, 4) is 0 Å². The van der Waals surface area contributed by atoms with Gasteiger partial charge in [-0.05, 0) is 24.0 Å². The smallest absolute Gasteiger partial charge is 0.423 e. The van der Waals surface area contributed by atoms with Gasteiger partial charge in [-0.2, -0.15) is 0 Å². The first-order valence-corrected chi connectivity index (χ1v) is 5.39. The van der Waals surface area contributed by atoms with E-state index in [4.69, 9.17) is 10.0 Å².